The van der Waals surface area contributed by atoms with Crippen molar-refractivity contribution in [2.75, 3.05) is 32.8 Å². The first-order valence-electron chi connectivity index (χ1n) is 27.9. The number of benzene rings is 2. The van der Waals surface area contributed by atoms with E-state index in [4.69, 9.17) is 10.5 Å². The standard InChI is InChI=1S/C55H69N17O6/c56-51(73)21-17-38-29-65(61-57-38)33-42-9-5-25-69(42)52(74)22-18-39-30-66(62-58-39)34-43-10-6-26-70(43)53(75)23-19-40-31-67(63-59-40)35-44-11-7-27-71(44)54(76)24-20-41-32-68(64-60-41)36-45-12-8-28-72(45)55(77)78-37-50-48-15-3-1-13-46(48)47-14-2-4-16-49(47)50/h1-4,13-16,29-32,42-45,50H,5-12,17-28,33-37H2,(H2,56,73)/t42-,43-,44-,45-/m0/s1. The fourth-order valence-corrected chi connectivity index (χ4v) is 12.4. The van der Waals surface area contributed by atoms with E-state index in [0.717, 1.165) is 68.4 Å². The normalized spacial score (nSPS) is 20.0. The Bertz CT molecular complexity index is 3050. The fraction of sp³-hybridized carbons (Fsp3) is 0.545. The third-order valence-corrected chi connectivity index (χ3v) is 16.4. The lowest BCUT2D eigenvalue weighted by Gasteiger charge is -2.25. The minimum absolute atomic E-state index is 0.00127. The molecule has 0 radical (unpaired) electrons. The zero-order valence-electron chi connectivity index (χ0n) is 44.2. The van der Waals surface area contributed by atoms with Crippen molar-refractivity contribution in [1.82, 2.24) is 79.6 Å². The molecule has 4 fully saturated rings. The second-order valence-corrected chi connectivity index (χ2v) is 21.6. The van der Waals surface area contributed by atoms with Crippen LogP contribution in [0.3, 0.4) is 0 Å². The van der Waals surface area contributed by atoms with E-state index in [1.54, 1.807) is 18.7 Å². The monoisotopic (exact) mass is 1060 g/mol. The van der Waals surface area contributed by atoms with Crippen LogP contribution in [-0.2, 0) is 75.8 Å². The zero-order chi connectivity index (χ0) is 53.5. The van der Waals surface area contributed by atoms with E-state index >= 15 is 0 Å². The summed E-state index contributed by atoms with van der Waals surface area (Å²) in [6, 6.07) is 16.6. The Morgan fingerprint density at radius 1 is 0.462 bits per heavy atom. The lowest BCUT2D eigenvalue weighted by atomic mass is 9.98. The molecular weight excluding hydrogens is 995 g/mol. The quantitative estimate of drug-likeness (QED) is 0.102. The number of ether oxygens (including phenoxy) is 1. The first kappa shape index (κ1) is 52.2. The predicted molar refractivity (Wildman–Crippen MR) is 282 cm³/mol. The third kappa shape index (κ3) is 12.1. The number of rotatable bonds is 22. The van der Waals surface area contributed by atoms with Gasteiger partial charge in [0.1, 0.15) is 6.61 Å². The van der Waals surface area contributed by atoms with Crippen molar-refractivity contribution >= 4 is 29.7 Å². The van der Waals surface area contributed by atoms with Crippen LogP contribution >= 0.6 is 0 Å². The van der Waals surface area contributed by atoms with Gasteiger partial charge in [0.05, 0.1) is 73.1 Å². The highest BCUT2D eigenvalue weighted by molar-refractivity contribution is 5.80. The molecule has 8 heterocycles. The molecule has 11 rings (SSSR count). The van der Waals surface area contributed by atoms with Crippen molar-refractivity contribution in [2.24, 2.45) is 5.73 Å². The number of aryl methyl sites for hydroxylation is 4. The molecule has 0 spiro atoms. The van der Waals surface area contributed by atoms with Crippen LogP contribution in [-0.4, -0.2) is 166 Å². The van der Waals surface area contributed by atoms with Gasteiger partial charge >= 0.3 is 6.09 Å². The molecule has 4 atom stereocenters. The number of primary amides is 1. The van der Waals surface area contributed by atoms with Gasteiger partial charge in [0.25, 0.3) is 0 Å². The van der Waals surface area contributed by atoms with Gasteiger partial charge in [0.15, 0.2) is 0 Å². The molecule has 23 nitrogen and oxygen atoms in total. The number of nitrogens with two attached hydrogens (primary N) is 1. The molecule has 2 aromatic carbocycles. The molecule has 78 heavy (non-hydrogen) atoms. The van der Waals surface area contributed by atoms with Gasteiger partial charge in [0.2, 0.25) is 23.6 Å². The van der Waals surface area contributed by atoms with Gasteiger partial charge in [0, 0.05) is 108 Å². The van der Waals surface area contributed by atoms with E-state index in [0.29, 0.717) is 103 Å². The lowest BCUT2D eigenvalue weighted by Crippen LogP contribution is -2.39. The van der Waals surface area contributed by atoms with Gasteiger partial charge in [-0.05, 0) is 73.6 Å². The maximum absolute atomic E-state index is 13.6. The maximum Gasteiger partial charge on any atom is 0.410 e. The summed E-state index contributed by atoms with van der Waals surface area (Å²) >= 11 is 0. The predicted octanol–water partition coefficient (Wildman–Crippen LogP) is 3.76. The number of hydrogen-bond donors (Lipinski definition) is 1. The lowest BCUT2D eigenvalue weighted by molar-refractivity contribution is -0.133. The highest BCUT2D eigenvalue weighted by Gasteiger charge is 2.35. The van der Waals surface area contributed by atoms with Gasteiger partial charge in [-0.2, -0.15) is 0 Å². The Hall–Kier alpha value is -7.85. The van der Waals surface area contributed by atoms with Crippen molar-refractivity contribution in [3.8, 4) is 11.1 Å². The van der Waals surface area contributed by atoms with Crippen LogP contribution in [0.2, 0.25) is 0 Å². The first-order valence-corrected chi connectivity index (χ1v) is 27.9. The molecule has 5 amide bonds. The molecule has 410 valence electrons. The molecule has 4 aliphatic heterocycles. The topological polar surface area (TPSA) is 256 Å². The van der Waals surface area contributed by atoms with Crippen LogP contribution in [0, 0.1) is 0 Å². The molecule has 23 heteroatoms. The average molecular weight is 1060 g/mol. The Morgan fingerprint density at radius 3 is 1.17 bits per heavy atom. The number of fused-ring (bicyclic) bond motifs is 3. The summed E-state index contributed by atoms with van der Waals surface area (Å²) in [5, 5.41) is 34.6. The second-order valence-electron chi connectivity index (χ2n) is 21.6. The molecule has 4 saturated heterocycles. The molecule has 2 N–H and O–H groups in total. The second kappa shape index (κ2) is 23.8. The molecular formula is C55H69N17O6. The Morgan fingerprint density at radius 2 is 0.795 bits per heavy atom. The van der Waals surface area contributed by atoms with E-state index in [1.807, 2.05) is 68.7 Å². The summed E-state index contributed by atoms with van der Waals surface area (Å²) < 4.78 is 13.1. The molecule has 5 aliphatic rings. The maximum atomic E-state index is 13.6. The fourth-order valence-electron chi connectivity index (χ4n) is 12.4. The van der Waals surface area contributed by atoms with Crippen LogP contribution in [0.4, 0.5) is 4.79 Å². The SMILES string of the molecule is NC(=O)CCc1cn(C[C@@H]2CCCN2C(=O)CCc2cn(C[C@@H]3CCCN3C(=O)CCc3cn(C[C@@H]4CCCN4C(=O)CCc4cn(C[C@@H]5CCCN5C(=O)OCC5c6ccccc6-c6ccccc65)nn4)nn3)nn2)nn1. The van der Waals surface area contributed by atoms with E-state index in [2.05, 4.69) is 65.5 Å². The number of carbonyl (C=O) groups excluding carboxylic acids is 5. The number of hydrogen-bond acceptors (Lipinski definition) is 14. The number of likely N-dealkylation sites (tertiary alicyclic amines) is 4. The van der Waals surface area contributed by atoms with Crippen LogP contribution < -0.4 is 5.73 Å². The Kier molecular flexibility index (Phi) is 15.9. The Balaban J connectivity index is 0.591. The van der Waals surface area contributed by atoms with Crippen LogP contribution in [0.15, 0.2) is 73.3 Å². The first-order chi connectivity index (χ1) is 38.1. The molecule has 0 saturated carbocycles. The summed E-state index contributed by atoms with van der Waals surface area (Å²) in [7, 11) is 0. The number of aromatic nitrogens is 12. The van der Waals surface area contributed by atoms with Gasteiger partial charge < -0.3 is 30.1 Å². The van der Waals surface area contributed by atoms with E-state index in [-0.39, 0.29) is 72.8 Å². The van der Waals surface area contributed by atoms with Crippen LogP contribution in [0.25, 0.3) is 11.1 Å². The summed E-state index contributed by atoms with van der Waals surface area (Å²) in [4.78, 5) is 72.9. The Labute approximate surface area is 452 Å². The molecule has 6 aromatic rings. The third-order valence-electron chi connectivity index (χ3n) is 16.4. The molecule has 1 aliphatic carbocycles. The van der Waals surface area contributed by atoms with Crippen molar-refractivity contribution < 1.29 is 28.7 Å². The van der Waals surface area contributed by atoms with Gasteiger partial charge in [-0.1, -0.05) is 69.4 Å². The van der Waals surface area contributed by atoms with Gasteiger partial charge in [-0.3, -0.25) is 37.9 Å². The van der Waals surface area contributed by atoms with Crippen molar-refractivity contribution in [3.05, 3.63) is 107 Å². The molecule has 0 unspecified atom stereocenters. The molecule has 4 aromatic heterocycles. The minimum Gasteiger partial charge on any atom is -0.448 e. The van der Waals surface area contributed by atoms with Crippen LogP contribution in [0.5, 0.6) is 0 Å². The van der Waals surface area contributed by atoms with Crippen molar-refractivity contribution in [3.63, 3.8) is 0 Å². The van der Waals surface area contributed by atoms with E-state index < -0.39 is 0 Å². The summed E-state index contributed by atoms with van der Waals surface area (Å²) in [6.45, 7) is 5.07. The van der Waals surface area contributed by atoms with Gasteiger partial charge in [-0.15, -0.1) is 20.4 Å². The number of carbonyl (C=O) groups is 5. The highest BCUT2D eigenvalue weighted by Crippen LogP contribution is 2.44. The van der Waals surface area contributed by atoms with Crippen molar-refractivity contribution in [1.29, 1.82) is 0 Å². The summed E-state index contributed by atoms with van der Waals surface area (Å²) in [6.07, 6.45) is 17.2. The van der Waals surface area contributed by atoms with E-state index in [1.165, 1.54) is 22.3 Å². The zero-order valence-corrected chi connectivity index (χ0v) is 44.2. The minimum atomic E-state index is -0.380. The largest absolute Gasteiger partial charge is 0.448 e. The van der Waals surface area contributed by atoms with Crippen molar-refractivity contribution in [2.45, 2.75) is 159 Å². The summed E-state index contributed by atoms with van der Waals surface area (Å²) in [5.74, 6) is -0.186. The van der Waals surface area contributed by atoms with Crippen LogP contribution in [0.1, 0.15) is 117 Å². The number of amides is 5. The molecule has 0 bridgehead atoms. The number of nitrogens with zero attached hydrogens (tertiary/aromatic N) is 16. The van der Waals surface area contributed by atoms with Gasteiger partial charge in [-0.25, -0.2) is 4.79 Å². The van der Waals surface area contributed by atoms with E-state index in [9.17, 15) is 24.0 Å². The smallest absolute Gasteiger partial charge is 0.410 e. The summed E-state index contributed by atoms with van der Waals surface area (Å²) in [5.41, 5.74) is 12.9. The highest BCUT2D eigenvalue weighted by atomic mass is 16.6. The average Bonchev–Trinajstić information content (AvgIpc) is 4.42.